The molecule has 3 aromatic heterocycles. The van der Waals surface area contributed by atoms with Crippen molar-refractivity contribution in [3.8, 4) is 0 Å². The maximum Gasteiger partial charge on any atom is 0.263 e. The highest BCUT2D eigenvalue weighted by Crippen LogP contribution is 2.29. The smallest absolute Gasteiger partial charge is 0.263 e. The van der Waals surface area contributed by atoms with Crippen LogP contribution in [-0.4, -0.2) is 19.5 Å². The number of thiophene rings is 1. The number of allylic oxidation sites excluding steroid dienone is 1. The lowest BCUT2D eigenvalue weighted by Gasteiger charge is -2.10. The molecule has 0 radical (unpaired) electrons. The molecule has 0 saturated carbocycles. The fraction of sp³-hybridized carbons (Fsp3) is 0.200. The minimum absolute atomic E-state index is 0.163. The SMILES string of the molecule is C=CCn1c(Sc2ncnc(CC)c2F)nc2sccc2c1=O. The monoisotopic (exact) mass is 348 g/mol. The zero-order valence-corrected chi connectivity index (χ0v) is 14.0. The van der Waals surface area contributed by atoms with Crippen molar-refractivity contribution in [3.63, 3.8) is 0 Å². The lowest BCUT2D eigenvalue weighted by molar-refractivity contribution is 0.558. The second kappa shape index (κ2) is 6.59. The van der Waals surface area contributed by atoms with Crippen molar-refractivity contribution in [3.05, 3.63) is 52.3 Å². The predicted octanol–water partition coefficient (Wildman–Crippen LogP) is 3.29. The molecule has 0 bridgehead atoms. The highest BCUT2D eigenvalue weighted by atomic mass is 32.2. The third-order valence-electron chi connectivity index (χ3n) is 3.21. The Morgan fingerprint density at radius 3 is 3.04 bits per heavy atom. The second-order valence-corrected chi connectivity index (χ2v) is 6.48. The number of hydrogen-bond donors (Lipinski definition) is 0. The van der Waals surface area contributed by atoms with E-state index in [0.717, 1.165) is 11.8 Å². The molecule has 0 aliphatic heterocycles. The van der Waals surface area contributed by atoms with Gasteiger partial charge in [0.15, 0.2) is 11.0 Å². The van der Waals surface area contributed by atoms with Crippen LogP contribution in [0.15, 0.2) is 45.4 Å². The minimum atomic E-state index is -0.467. The van der Waals surface area contributed by atoms with Crippen LogP contribution in [0.5, 0.6) is 0 Å². The van der Waals surface area contributed by atoms with Gasteiger partial charge in [0, 0.05) is 6.54 Å². The predicted molar refractivity (Wildman–Crippen MR) is 89.6 cm³/mol. The minimum Gasteiger partial charge on any atom is -0.283 e. The summed E-state index contributed by atoms with van der Waals surface area (Å²) in [4.78, 5) is 25.5. The van der Waals surface area contributed by atoms with E-state index in [-0.39, 0.29) is 10.6 Å². The molecular weight excluding hydrogens is 335 g/mol. The molecule has 0 amide bonds. The van der Waals surface area contributed by atoms with Gasteiger partial charge >= 0.3 is 0 Å². The Balaban J connectivity index is 2.14. The summed E-state index contributed by atoms with van der Waals surface area (Å²) < 4.78 is 15.8. The van der Waals surface area contributed by atoms with Gasteiger partial charge in [0.25, 0.3) is 5.56 Å². The van der Waals surface area contributed by atoms with Gasteiger partial charge < -0.3 is 0 Å². The largest absolute Gasteiger partial charge is 0.283 e. The highest BCUT2D eigenvalue weighted by Gasteiger charge is 2.17. The zero-order valence-electron chi connectivity index (χ0n) is 12.3. The van der Waals surface area contributed by atoms with E-state index in [1.165, 1.54) is 22.2 Å². The first-order chi connectivity index (χ1) is 11.2. The Kier molecular flexibility index (Phi) is 4.53. The molecule has 0 spiro atoms. The topological polar surface area (TPSA) is 60.7 Å². The summed E-state index contributed by atoms with van der Waals surface area (Å²) in [6, 6.07) is 1.74. The van der Waals surface area contributed by atoms with Crippen LogP contribution in [0.1, 0.15) is 12.6 Å². The molecule has 0 saturated heterocycles. The normalized spacial score (nSPS) is 11.0. The summed E-state index contributed by atoms with van der Waals surface area (Å²) in [6.07, 6.45) is 3.40. The lowest BCUT2D eigenvalue weighted by atomic mass is 10.3. The second-order valence-electron chi connectivity index (χ2n) is 4.63. The van der Waals surface area contributed by atoms with Gasteiger partial charge in [0.1, 0.15) is 16.2 Å². The summed E-state index contributed by atoms with van der Waals surface area (Å²) in [5.41, 5.74) is 0.182. The summed E-state index contributed by atoms with van der Waals surface area (Å²) in [7, 11) is 0. The molecule has 0 aromatic carbocycles. The fourth-order valence-corrected chi connectivity index (χ4v) is 3.79. The van der Waals surface area contributed by atoms with Crippen LogP contribution in [0.4, 0.5) is 4.39 Å². The van der Waals surface area contributed by atoms with E-state index in [9.17, 15) is 9.18 Å². The van der Waals surface area contributed by atoms with Crippen LogP contribution in [0, 0.1) is 5.82 Å². The van der Waals surface area contributed by atoms with Crippen molar-refractivity contribution in [2.24, 2.45) is 0 Å². The molecule has 0 unspecified atom stereocenters. The molecule has 8 heteroatoms. The van der Waals surface area contributed by atoms with Gasteiger partial charge in [-0.1, -0.05) is 13.0 Å². The average Bonchev–Trinajstić information content (AvgIpc) is 3.01. The van der Waals surface area contributed by atoms with Crippen molar-refractivity contribution < 1.29 is 4.39 Å². The van der Waals surface area contributed by atoms with E-state index in [1.807, 2.05) is 12.3 Å². The van der Waals surface area contributed by atoms with Crippen LogP contribution in [-0.2, 0) is 13.0 Å². The molecule has 3 aromatic rings. The Labute approximate surface area is 139 Å². The van der Waals surface area contributed by atoms with Crippen molar-refractivity contribution >= 4 is 33.3 Å². The van der Waals surface area contributed by atoms with Crippen molar-refractivity contribution in [1.29, 1.82) is 0 Å². The van der Waals surface area contributed by atoms with Gasteiger partial charge in [-0.3, -0.25) is 9.36 Å². The number of nitrogens with zero attached hydrogens (tertiary/aromatic N) is 4. The van der Waals surface area contributed by atoms with E-state index < -0.39 is 5.82 Å². The van der Waals surface area contributed by atoms with Crippen molar-refractivity contribution in [2.75, 3.05) is 0 Å². The number of halogens is 1. The van der Waals surface area contributed by atoms with E-state index in [0.29, 0.717) is 34.0 Å². The molecule has 118 valence electrons. The first-order valence-electron chi connectivity index (χ1n) is 6.91. The van der Waals surface area contributed by atoms with Gasteiger partial charge in [0.05, 0.1) is 11.1 Å². The standard InChI is InChI=1S/C15H13FN4OS2/c1-3-6-20-14(21)9-5-7-22-12(9)19-15(20)23-13-11(16)10(4-2)17-8-18-13/h3,5,7-8H,1,4,6H2,2H3. The molecule has 5 nitrogen and oxygen atoms in total. The Morgan fingerprint density at radius 2 is 2.30 bits per heavy atom. The summed E-state index contributed by atoms with van der Waals surface area (Å²) in [5.74, 6) is -0.467. The molecular formula is C15H13FN4OS2. The molecule has 0 N–H and O–H groups in total. The molecule has 0 aliphatic rings. The maximum absolute atomic E-state index is 14.4. The van der Waals surface area contributed by atoms with Crippen LogP contribution in [0.2, 0.25) is 0 Å². The number of fused-ring (bicyclic) bond motifs is 1. The lowest BCUT2D eigenvalue weighted by Crippen LogP contribution is -2.22. The van der Waals surface area contributed by atoms with Crippen LogP contribution in [0.25, 0.3) is 10.2 Å². The number of hydrogen-bond acceptors (Lipinski definition) is 6. The van der Waals surface area contributed by atoms with Gasteiger partial charge in [-0.05, 0) is 29.6 Å². The van der Waals surface area contributed by atoms with Crippen molar-refractivity contribution in [1.82, 2.24) is 19.5 Å². The number of rotatable bonds is 5. The number of aromatic nitrogens is 4. The van der Waals surface area contributed by atoms with E-state index in [4.69, 9.17) is 0 Å². The average molecular weight is 348 g/mol. The maximum atomic E-state index is 14.4. The third kappa shape index (κ3) is 2.91. The van der Waals surface area contributed by atoms with Crippen LogP contribution in [0.3, 0.4) is 0 Å². The van der Waals surface area contributed by atoms with E-state index in [1.54, 1.807) is 12.1 Å². The van der Waals surface area contributed by atoms with Gasteiger partial charge in [0.2, 0.25) is 0 Å². The molecule has 23 heavy (non-hydrogen) atoms. The van der Waals surface area contributed by atoms with Crippen LogP contribution < -0.4 is 5.56 Å². The van der Waals surface area contributed by atoms with Crippen molar-refractivity contribution in [2.45, 2.75) is 30.1 Å². The Bertz CT molecular complexity index is 935. The zero-order chi connectivity index (χ0) is 16.4. The fourth-order valence-electron chi connectivity index (χ4n) is 2.09. The van der Waals surface area contributed by atoms with Gasteiger partial charge in [-0.15, -0.1) is 17.9 Å². The Hall–Kier alpha value is -2.06. The van der Waals surface area contributed by atoms with E-state index >= 15 is 0 Å². The molecule has 0 aliphatic carbocycles. The first-order valence-corrected chi connectivity index (χ1v) is 8.61. The van der Waals surface area contributed by atoms with Gasteiger partial charge in [-0.25, -0.2) is 19.3 Å². The van der Waals surface area contributed by atoms with E-state index in [2.05, 4.69) is 21.5 Å². The summed E-state index contributed by atoms with van der Waals surface area (Å²) in [5, 5.41) is 2.92. The molecule has 3 heterocycles. The van der Waals surface area contributed by atoms with Crippen LogP contribution >= 0.6 is 23.1 Å². The quantitative estimate of drug-likeness (QED) is 0.402. The van der Waals surface area contributed by atoms with Gasteiger partial charge in [-0.2, -0.15) is 0 Å². The highest BCUT2D eigenvalue weighted by molar-refractivity contribution is 7.99. The Morgan fingerprint density at radius 1 is 1.48 bits per heavy atom. The molecule has 3 rings (SSSR count). The number of aryl methyl sites for hydroxylation is 1. The molecule has 0 fully saturated rings. The molecule has 0 atom stereocenters. The summed E-state index contributed by atoms with van der Waals surface area (Å²) in [6.45, 7) is 5.79. The third-order valence-corrected chi connectivity index (χ3v) is 4.99. The first kappa shape index (κ1) is 15.8. The summed E-state index contributed by atoms with van der Waals surface area (Å²) >= 11 is 2.40.